The van der Waals surface area contributed by atoms with Gasteiger partial charge in [0.05, 0.1) is 0 Å². The van der Waals surface area contributed by atoms with Crippen LogP contribution in [0.25, 0.3) is 0 Å². The molecular weight excluding hydrogens is 391 g/mol. The summed E-state index contributed by atoms with van der Waals surface area (Å²) in [5.74, 6) is 0. The molecule has 2 nitrogen and oxygen atoms in total. The minimum absolute atomic E-state index is 0. The minimum atomic E-state index is 0. The summed E-state index contributed by atoms with van der Waals surface area (Å²) >= 11 is 0. The summed E-state index contributed by atoms with van der Waals surface area (Å²) in [6, 6.07) is 0. The van der Waals surface area contributed by atoms with Gasteiger partial charge in [0.15, 0.2) is 0 Å². The molecule has 0 aliphatic rings. The van der Waals surface area contributed by atoms with Crippen LogP contribution in [0.4, 0.5) is 0 Å². The number of rotatable bonds is 24. The van der Waals surface area contributed by atoms with Crippen LogP contribution in [0.15, 0.2) is 0 Å². The van der Waals surface area contributed by atoms with Crippen molar-refractivity contribution in [2.45, 2.75) is 156 Å². The fourth-order valence-electron chi connectivity index (χ4n) is 3.69. The van der Waals surface area contributed by atoms with E-state index in [0.29, 0.717) is 0 Å². The zero-order valence-electron chi connectivity index (χ0n) is 21.8. The van der Waals surface area contributed by atoms with Crippen molar-refractivity contribution < 1.29 is 9.47 Å². The van der Waals surface area contributed by atoms with Gasteiger partial charge >= 0.3 is 29.6 Å². The number of hydrogen-bond donors (Lipinski definition) is 0. The molecule has 0 aromatic carbocycles. The normalized spacial score (nSPS) is 10.5. The molecule has 0 fully saturated rings. The number of hydrogen-bond acceptors (Lipinski definition) is 2. The van der Waals surface area contributed by atoms with Crippen molar-refractivity contribution in [1.82, 2.24) is 0 Å². The molecule has 0 saturated carbocycles. The van der Waals surface area contributed by atoms with Crippen LogP contribution >= 0.6 is 0 Å². The Bertz CT molecular complexity index is 237. The number of ether oxygens (including phenoxy) is 2. The van der Waals surface area contributed by atoms with Crippen molar-refractivity contribution >= 4 is 29.6 Å². The van der Waals surface area contributed by atoms with E-state index in [9.17, 15) is 0 Å². The van der Waals surface area contributed by atoms with E-state index < -0.39 is 0 Å². The van der Waals surface area contributed by atoms with Crippen molar-refractivity contribution in [2.75, 3.05) is 26.4 Å². The fourth-order valence-corrected chi connectivity index (χ4v) is 3.69. The summed E-state index contributed by atoms with van der Waals surface area (Å²) in [5.41, 5.74) is 0. The first kappa shape index (κ1) is 36.5. The third kappa shape index (κ3) is 41.6. The SMILES string of the molecule is CCCCCCCCCCCCOCCCCCCCCCCCC.CCOCC.[NaH]. The second kappa shape index (κ2) is 38.2. The van der Waals surface area contributed by atoms with Crippen LogP contribution in [0, 0.1) is 0 Å². The van der Waals surface area contributed by atoms with Gasteiger partial charge in [-0.2, -0.15) is 0 Å². The van der Waals surface area contributed by atoms with Gasteiger partial charge in [-0.3, -0.25) is 0 Å². The summed E-state index contributed by atoms with van der Waals surface area (Å²) in [7, 11) is 0. The monoisotopic (exact) mass is 452 g/mol. The van der Waals surface area contributed by atoms with E-state index >= 15 is 0 Å². The zero-order valence-corrected chi connectivity index (χ0v) is 21.8. The van der Waals surface area contributed by atoms with Crippen LogP contribution in [0.5, 0.6) is 0 Å². The van der Waals surface area contributed by atoms with Crippen LogP contribution in [0.3, 0.4) is 0 Å². The van der Waals surface area contributed by atoms with Crippen LogP contribution in [-0.4, -0.2) is 56.0 Å². The molecule has 0 atom stereocenters. The Kier molecular flexibility index (Phi) is 45.0. The van der Waals surface area contributed by atoms with Gasteiger partial charge in [-0.15, -0.1) is 0 Å². The van der Waals surface area contributed by atoms with Crippen molar-refractivity contribution in [1.29, 1.82) is 0 Å². The van der Waals surface area contributed by atoms with E-state index in [1.54, 1.807) is 0 Å². The molecular formula is C28H61NaO2. The third-order valence-electron chi connectivity index (χ3n) is 5.69. The molecule has 0 rings (SSSR count). The van der Waals surface area contributed by atoms with E-state index in [1.165, 1.54) is 128 Å². The van der Waals surface area contributed by atoms with Crippen molar-refractivity contribution in [3.63, 3.8) is 0 Å². The van der Waals surface area contributed by atoms with Gasteiger partial charge in [0.1, 0.15) is 0 Å². The summed E-state index contributed by atoms with van der Waals surface area (Å²) in [6.07, 6.45) is 28.2. The Morgan fingerprint density at radius 1 is 0.323 bits per heavy atom. The van der Waals surface area contributed by atoms with Gasteiger partial charge in [-0.25, -0.2) is 0 Å². The quantitative estimate of drug-likeness (QED) is 0.107. The van der Waals surface area contributed by atoms with E-state index in [-0.39, 0.29) is 29.6 Å². The Labute approximate surface area is 220 Å². The van der Waals surface area contributed by atoms with E-state index in [2.05, 4.69) is 13.8 Å². The molecule has 0 aliphatic carbocycles. The maximum atomic E-state index is 5.78. The summed E-state index contributed by atoms with van der Waals surface area (Å²) in [5, 5.41) is 0. The molecule has 0 N–H and O–H groups in total. The molecule has 0 amide bonds. The van der Waals surface area contributed by atoms with Crippen LogP contribution in [0.1, 0.15) is 156 Å². The molecule has 0 unspecified atom stereocenters. The van der Waals surface area contributed by atoms with Gasteiger partial charge in [0.25, 0.3) is 0 Å². The first-order chi connectivity index (χ1) is 14.8. The van der Waals surface area contributed by atoms with Gasteiger partial charge < -0.3 is 9.47 Å². The molecule has 0 heterocycles. The summed E-state index contributed by atoms with van der Waals surface area (Å²) in [4.78, 5) is 0. The maximum absolute atomic E-state index is 5.78. The molecule has 0 aromatic heterocycles. The Hall–Kier alpha value is 0.920. The standard InChI is InChI=1S/C24H50O.C4H10O.Na.H/c1-3-5-7-9-11-13-15-17-19-21-23-25-24-22-20-18-16-14-12-10-8-6-4-2;1-3-5-4-2;;/h3-24H2,1-2H3;3-4H2,1-2H3;;. The molecule has 0 radical (unpaired) electrons. The molecule has 186 valence electrons. The molecule has 0 aromatic rings. The second-order valence-electron chi connectivity index (χ2n) is 8.76. The Morgan fingerprint density at radius 3 is 0.806 bits per heavy atom. The van der Waals surface area contributed by atoms with Gasteiger partial charge in [-0.1, -0.05) is 129 Å². The predicted molar refractivity (Wildman–Crippen MR) is 144 cm³/mol. The van der Waals surface area contributed by atoms with Crippen molar-refractivity contribution in [3.05, 3.63) is 0 Å². The third-order valence-corrected chi connectivity index (χ3v) is 5.69. The van der Waals surface area contributed by atoms with Gasteiger partial charge in [0, 0.05) is 26.4 Å². The van der Waals surface area contributed by atoms with E-state index in [0.717, 1.165) is 26.4 Å². The van der Waals surface area contributed by atoms with Crippen LogP contribution < -0.4 is 0 Å². The Balaban J connectivity index is -0.00000116. The molecule has 0 aliphatic heterocycles. The van der Waals surface area contributed by atoms with E-state index in [1.807, 2.05) is 13.8 Å². The second-order valence-corrected chi connectivity index (χ2v) is 8.76. The van der Waals surface area contributed by atoms with Crippen molar-refractivity contribution in [3.8, 4) is 0 Å². The van der Waals surface area contributed by atoms with Gasteiger partial charge in [0.2, 0.25) is 0 Å². The first-order valence-electron chi connectivity index (χ1n) is 14.0. The zero-order chi connectivity index (χ0) is 22.4. The molecule has 3 heteroatoms. The van der Waals surface area contributed by atoms with E-state index in [4.69, 9.17) is 9.47 Å². The van der Waals surface area contributed by atoms with Crippen molar-refractivity contribution in [2.24, 2.45) is 0 Å². The summed E-state index contributed by atoms with van der Waals surface area (Å²) in [6.45, 7) is 12.2. The van der Waals surface area contributed by atoms with Crippen LogP contribution in [0.2, 0.25) is 0 Å². The molecule has 31 heavy (non-hydrogen) atoms. The first-order valence-corrected chi connectivity index (χ1v) is 14.0. The fraction of sp³-hybridized carbons (Fsp3) is 1.00. The molecule has 0 bridgehead atoms. The van der Waals surface area contributed by atoms with Crippen LogP contribution in [-0.2, 0) is 9.47 Å². The average molecular weight is 453 g/mol. The van der Waals surface area contributed by atoms with Gasteiger partial charge in [-0.05, 0) is 26.7 Å². The topological polar surface area (TPSA) is 18.5 Å². The molecule has 0 saturated heterocycles. The summed E-state index contributed by atoms with van der Waals surface area (Å²) < 4.78 is 10.6. The Morgan fingerprint density at radius 2 is 0.581 bits per heavy atom. The predicted octanol–water partition coefficient (Wildman–Crippen LogP) is 9.24. The molecule has 0 spiro atoms. The number of unbranched alkanes of at least 4 members (excludes halogenated alkanes) is 18. The average Bonchev–Trinajstić information content (AvgIpc) is 2.76.